The standard InChI is InChI=1S/C11H16N2O3S/c1-3-8-4-5-9(17-8)6-12-11(16)13(2)7-10(14)15/h4-5H,3,6-7H2,1-2H3,(H,12,16)(H,14,15). The number of likely N-dealkylation sites (N-methyl/N-ethyl adjacent to an activating group) is 1. The Morgan fingerprint density at radius 3 is 2.59 bits per heavy atom. The van der Waals surface area contributed by atoms with Gasteiger partial charge < -0.3 is 15.3 Å². The van der Waals surface area contributed by atoms with Crippen LogP contribution >= 0.6 is 11.3 Å². The van der Waals surface area contributed by atoms with E-state index >= 15 is 0 Å². The predicted molar refractivity (Wildman–Crippen MR) is 66.2 cm³/mol. The van der Waals surface area contributed by atoms with Crippen LogP contribution in [-0.4, -0.2) is 35.6 Å². The van der Waals surface area contributed by atoms with E-state index in [0.717, 1.165) is 16.2 Å². The van der Waals surface area contributed by atoms with Gasteiger partial charge in [-0.05, 0) is 18.6 Å². The van der Waals surface area contributed by atoms with Crippen molar-refractivity contribution in [3.05, 3.63) is 21.9 Å². The number of urea groups is 1. The van der Waals surface area contributed by atoms with Gasteiger partial charge in [-0.15, -0.1) is 11.3 Å². The summed E-state index contributed by atoms with van der Waals surface area (Å²) in [6, 6.07) is 3.63. The van der Waals surface area contributed by atoms with E-state index in [1.165, 1.54) is 11.9 Å². The minimum Gasteiger partial charge on any atom is -0.480 e. The van der Waals surface area contributed by atoms with Crippen LogP contribution in [0.25, 0.3) is 0 Å². The molecule has 1 aromatic heterocycles. The number of carboxylic acids is 1. The summed E-state index contributed by atoms with van der Waals surface area (Å²) >= 11 is 1.65. The normalized spacial score (nSPS) is 10.0. The minimum atomic E-state index is -1.02. The summed E-state index contributed by atoms with van der Waals surface area (Å²) in [5.74, 6) is -1.02. The first-order valence-electron chi connectivity index (χ1n) is 5.31. The minimum absolute atomic E-state index is 0.295. The van der Waals surface area contributed by atoms with Crippen LogP contribution in [0, 0.1) is 0 Å². The fraction of sp³-hybridized carbons (Fsp3) is 0.455. The third-order valence-electron chi connectivity index (χ3n) is 2.20. The summed E-state index contributed by atoms with van der Waals surface area (Å²) in [5.41, 5.74) is 0. The number of hydrogen-bond acceptors (Lipinski definition) is 3. The van der Waals surface area contributed by atoms with Crippen molar-refractivity contribution in [3.63, 3.8) is 0 Å². The molecule has 0 fully saturated rings. The molecule has 0 radical (unpaired) electrons. The van der Waals surface area contributed by atoms with E-state index in [0.29, 0.717) is 6.54 Å². The summed E-state index contributed by atoms with van der Waals surface area (Å²) < 4.78 is 0. The maximum Gasteiger partial charge on any atom is 0.323 e. The van der Waals surface area contributed by atoms with E-state index in [4.69, 9.17) is 5.11 Å². The lowest BCUT2D eigenvalue weighted by atomic mass is 10.4. The van der Waals surface area contributed by atoms with E-state index in [2.05, 4.69) is 12.2 Å². The van der Waals surface area contributed by atoms with E-state index in [9.17, 15) is 9.59 Å². The lowest BCUT2D eigenvalue weighted by Gasteiger charge is -2.14. The highest BCUT2D eigenvalue weighted by molar-refractivity contribution is 7.11. The molecule has 1 rings (SSSR count). The zero-order valence-electron chi connectivity index (χ0n) is 9.90. The van der Waals surface area contributed by atoms with Crippen LogP contribution in [-0.2, 0) is 17.8 Å². The largest absolute Gasteiger partial charge is 0.480 e. The number of carbonyl (C=O) groups is 2. The van der Waals surface area contributed by atoms with Gasteiger partial charge in [0.1, 0.15) is 6.54 Å². The van der Waals surface area contributed by atoms with Crippen molar-refractivity contribution in [3.8, 4) is 0 Å². The first-order chi connectivity index (χ1) is 8.02. The monoisotopic (exact) mass is 256 g/mol. The molecule has 0 unspecified atom stereocenters. The molecule has 94 valence electrons. The van der Waals surface area contributed by atoms with Crippen LogP contribution in [0.2, 0.25) is 0 Å². The maximum atomic E-state index is 11.5. The second-order valence-corrected chi connectivity index (χ2v) is 4.88. The lowest BCUT2D eigenvalue weighted by Crippen LogP contribution is -2.39. The first-order valence-corrected chi connectivity index (χ1v) is 6.13. The van der Waals surface area contributed by atoms with Gasteiger partial charge in [0.2, 0.25) is 0 Å². The summed E-state index contributed by atoms with van der Waals surface area (Å²) in [7, 11) is 1.45. The smallest absolute Gasteiger partial charge is 0.323 e. The Balaban J connectivity index is 2.39. The first kappa shape index (κ1) is 13.5. The zero-order valence-corrected chi connectivity index (χ0v) is 10.7. The molecular weight excluding hydrogens is 240 g/mol. The van der Waals surface area contributed by atoms with Crippen molar-refractivity contribution < 1.29 is 14.7 Å². The third kappa shape index (κ3) is 4.44. The highest BCUT2D eigenvalue weighted by Crippen LogP contribution is 2.16. The quantitative estimate of drug-likeness (QED) is 0.839. The van der Waals surface area contributed by atoms with Crippen molar-refractivity contribution in [1.82, 2.24) is 10.2 Å². The number of thiophene rings is 1. The molecule has 0 aliphatic heterocycles. The van der Waals surface area contributed by atoms with Crippen LogP contribution in [0.1, 0.15) is 16.7 Å². The molecule has 0 aliphatic carbocycles. The maximum absolute atomic E-state index is 11.5. The highest BCUT2D eigenvalue weighted by atomic mass is 32.1. The van der Waals surface area contributed by atoms with Gasteiger partial charge in [0, 0.05) is 16.8 Å². The number of hydrogen-bond donors (Lipinski definition) is 2. The molecular formula is C11H16N2O3S. The molecule has 2 N–H and O–H groups in total. The average Bonchev–Trinajstić information content (AvgIpc) is 2.72. The Hall–Kier alpha value is -1.56. The molecule has 2 amide bonds. The van der Waals surface area contributed by atoms with E-state index < -0.39 is 5.97 Å². The Kier molecular flexibility index (Phi) is 4.96. The average molecular weight is 256 g/mol. The molecule has 0 saturated carbocycles. The van der Waals surface area contributed by atoms with Gasteiger partial charge in [-0.3, -0.25) is 4.79 Å². The zero-order chi connectivity index (χ0) is 12.8. The highest BCUT2D eigenvalue weighted by Gasteiger charge is 2.11. The van der Waals surface area contributed by atoms with Crippen molar-refractivity contribution in [1.29, 1.82) is 0 Å². The van der Waals surface area contributed by atoms with E-state index in [-0.39, 0.29) is 12.6 Å². The van der Waals surface area contributed by atoms with Crippen LogP contribution in [0.3, 0.4) is 0 Å². The molecule has 0 spiro atoms. The molecule has 0 bridgehead atoms. The van der Waals surface area contributed by atoms with Gasteiger partial charge in [-0.25, -0.2) is 4.79 Å². The predicted octanol–water partition coefficient (Wildman–Crippen LogP) is 1.54. The fourth-order valence-corrected chi connectivity index (χ4v) is 2.18. The van der Waals surface area contributed by atoms with Crippen molar-refractivity contribution in [2.75, 3.05) is 13.6 Å². The van der Waals surface area contributed by atoms with Gasteiger partial charge in [0.25, 0.3) is 0 Å². The number of carbonyl (C=O) groups excluding carboxylic acids is 1. The van der Waals surface area contributed by atoms with E-state index in [1.807, 2.05) is 12.1 Å². The summed E-state index contributed by atoms with van der Waals surface area (Å²) in [4.78, 5) is 25.4. The molecule has 0 atom stereocenters. The Bertz CT molecular complexity index is 403. The molecule has 17 heavy (non-hydrogen) atoms. The van der Waals surface area contributed by atoms with E-state index in [1.54, 1.807) is 11.3 Å². The second kappa shape index (κ2) is 6.24. The molecule has 0 aliphatic rings. The van der Waals surface area contributed by atoms with Crippen LogP contribution < -0.4 is 5.32 Å². The van der Waals surface area contributed by atoms with Crippen LogP contribution in [0.5, 0.6) is 0 Å². The third-order valence-corrected chi connectivity index (χ3v) is 3.43. The number of rotatable bonds is 5. The molecule has 1 aromatic rings. The number of aliphatic carboxylic acids is 1. The van der Waals surface area contributed by atoms with Gasteiger partial charge in [0.05, 0.1) is 6.54 Å². The summed E-state index contributed by atoms with van der Waals surface area (Å²) in [6.45, 7) is 2.22. The Morgan fingerprint density at radius 1 is 1.41 bits per heavy atom. The Morgan fingerprint density at radius 2 is 2.06 bits per heavy atom. The SMILES string of the molecule is CCc1ccc(CNC(=O)N(C)CC(=O)O)s1. The molecule has 6 heteroatoms. The number of aryl methyl sites for hydroxylation is 1. The number of amides is 2. The number of carboxylic acid groups (broad SMARTS) is 1. The number of nitrogens with one attached hydrogen (secondary N) is 1. The Labute approximate surface area is 104 Å². The van der Waals surface area contributed by atoms with Crippen LogP contribution in [0.4, 0.5) is 4.79 Å². The van der Waals surface area contributed by atoms with Crippen molar-refractivity contribution >= 4 is 23.3 Å². The topological polar surface area (TPSA) is 69.6 Å². The van der Waals surface area contributed by atoms with Gasteiger partial charge in [-0.2, -0.15) is 0 Å². The summed E-state index contributed by atoms with van der Waals surface area (Å²) in [6.07, 6.45) is 0.984. The van der Waals surface area contributed by atoms with Crippen LogP contribution in [0.15, 0.2) is 12.1 Å². The van der Waals surface area contributed by atoms with Gasteiger partial charge in [0.15, 0.2) is 0 Å². The lowest BCUT2D eigenvalue weighted by molar-refractivity contribution is -0.137. The molecule has 0 aromatic carbocycles. The van der Waals surface area contributed by atoms with Crippen molar-refractivity contribution in [2.24, 2.45) is 0 Å². The van der Waals surface area contributed by atoms with Gasteiger partial charge >= 0.3 is 12.0 Å². The van der Waals surface area contributed by atoms with Gasteiger partial charge in [-0.1, -0.05) is 6.92 Å². The summed E-state index contributed by atoms with van der Waals surface area (Å²) in [5, 5.41) is 11.2. The fourth-order valence-electron chi connectivity index (χ4n) is 1.28. The molecule has 5 nitrogen and oxygen atoms in total. The molecule has 0 saturated heterocycles. The number of nitrogens with zero attached hydrogens (tertiary/aromatic N) is 1. The molecule has 1 heterocycles. The van der Waals surface area contributed by atoms with Crippen molar-refractivity contribution in [2.45, 2.75) is 19.9 Å². The second-order valence-electron chi connectivity index (χ2n) is 3.63.